The molecule has 1 fully saturated rings. The summed E-state index contributed by atoms with van der Waals surface area (Å²) in [5.74, 6) is -11.2. The second-order valence-electron chi connectivity index (χ2n) is 5.44. The topological polar surface area (TPSA) is 37.4 Å². The minimum Gasteiger partial charge on any atom is -0.206 e. The molecule has 0 aromatic rings. The van der Waals surface area contributed by atoms with Crippen molar-refractivity contribution >= 4 is 10.0 Å². The van der Waals surface area contributed by atoms with Crippen molar-refractivity contribution < 1.29 is 34.8 Å². The molecule has 10 heteroatoms. The highest BCUT2D eigenvalue weighted by Crippen LogP contribution is 2.50. The van der Waals surface area contributed by atoms with Crippen molar-refractivity contribution in [3.8, 4) is 0 Å². The summed E-state index contributed by atoms with van der Waals surface area (Å²) < 4.78 is 104. The summed E-state index contributed by atoms with van der Waals surface area (Å²) in [5.41, 5.74) is 0. The molecule has 2 atom stereocenters. The van der Waals surface area contributed by atoms with Crippen LogP contribution in [0.15, 0.2) is 0 Å². The summed E-state index contributed by atoms with van der Waals surface area (Å²) in [4.78, 5) is 0. The average Bonchev–Trinajstić information content (AvgIpc) is 2.26. The third-order valence-electron chi connectivity index (χ3n) is 3.63. The summed E-state index contributed by atoms with van der Waals surface area (Å²) in [6.45, 7) is 2.14. The Morgan fingerprint density at radius 2 is 1.33 bits per heavy atom. The van der Waals surface area contributed by atoms with Gasteiger partial charge in [0, 0.05) is 19.0 Å². The smallest absolute Gasteiger partial charge is 0.206 e. The van der Waals surface area contributed by atoms with E-state index in [0.717, 1.165) is 0 Å². The monoisotopic (exact) mass is 341 g/mol. The fourth-order valence-electron chi connectivity index (χ4n) is 2.42. The second-order valence-corrected chi connectivity index (χ2v) is 7.33. The first-order valence-electron chi connectivity index (χ1n) is 6.34. The highest BCUT2D eigenvalue weighted by atomic mass is 32.2. The highest BCUT2D eigenvalue weighted by molar-refractivity contribution is 7.90. The largest absolute Gasteiger partial charge is 0.427 e. The van der Waals surface area contributed by atoms with E-state index in [1.807, 2.05) is 0 Å². The van der Waals surface area contributed by atoms with Crippen molar-refractivity contribution in [2.24, 2.45) is 0 Å². The fourth-order valence-corrected chi connectivity index (χ4v) is 4.35. The van der Waals surface area contributed by atoms with E-state index >= 15 is 0 Å². The zero-order valence-electron chi connectivity index (χ0n) is 11.7. The molecule has 3 nitrogen and oxygen atoms in total. The number of hydrogen-bond donors (Lipinski definition) is 0. The van der Waals surface area contributed by atoms with Crippen LogP contribution in [0.2, 0.25) is 0 Å². The van der Waals surface area contributed by atoms with Crippen LogP contribution >= 0.6 is 0 Å². The number of halogens is 6. The molecule has 1 heterocycles. The normalized spacial score (nSPS) is 26.9. The van der Waals surface area contributed by atoms with Crippen LogP contribution in [0.4, 0.5) is 26.3 Å². The van der Waals surface area contributed by atoms with Crippen molar-refractivity contribution in [1.29, 1.82) is 0 Å². The van der Waals surface area contributed by atoms with Crippen molar-refractivity contribution in [2.45, 2.75) is 69.2 Å². The summed E-state index contributed by atoms with van der Waals surface area (Å²) >= 11 is 0. The first-order chi connectivity index (χ1) is 9.18. The molecule has 21 heavy (non-hydrogen) atoms. The Kier molecular flexibility index (Phi) is 4.67. The van der Waals surface area contributed by atoms with Gasteiger partial charge in [0.1, 0.15) is 0 Å². The van der Waals surface area contributed by atoms with Gasteiger partial charge in [0.25, 0.3) is 10.0 Å². The quantitative estimate of drug-likeness (QED) is 0.735. The van der Waals surface area contributed by atoms with E-state index in [9.17, 15) is 34.8 Å². The Hall–Kier alpha value is -0.510. The van der Waals surface area contributed by atoms with E-state index in [2.05, 4.69) is 0 Å². The molecule has 1 aliphatic rings. The molecule has 2 unspecified atom stereocenters. The van der Waals surface area contributed by atoms with Crippen LogP contribution in [0.5, 0.6) is 0 Å². The number of sulfonamides is 1. The number of piperidine rings is 1. The third kappa shape index (κ3) is 2.76. The minimum absolute atomic E-state index is 0.202. The molecular formula is C11H17F6NO2S. The van der Waals surface area contributed by atoms with Gasteiger partial charge in [0.2, 0.25) is 0 Å². The molecule has 0 saturated carbocycles. The molecule has 1 aliphatic heterocycles. The van der Waals surface area contributed by atoms with Gasteiger partial charge in [-0.1, -0.05) is 6.42 Å². The molecular weight excluding hydrogens is 324 g/mol. The molecule has 0 aromatic carbocycles. The van der Waals surface area contributed by atoms with Gasteiger partial charge in [0.05, 0.1) is 0 Å². The highest BCUT2D eigenvalue weighted by Gasteiger charge is 2.76. The lowest BCUT2D eigenvalue weighted by Crippen LogP contribution is -2.63. The van der Waals surface area contributed by atoms with E-state index in [1.54, 1.807) is 0 Å². The Bertz CT molecular complexity index is 477. The van der Waals surface area contributed by atoms with E-state index in [4.69, 9.17) is 0 Å². The standard InChI is InChI=1S/C11H17F6NO2S/c1-7-5-4-6-8(2)18(7)21(19,20)11(16,17)10(14,15)9(3,12)13/h7-8H,4-6H2,1-3H3. The molecule has 0 aliphatic carbocycles. The molecule has 0 amide bonds. The van der Waals surface area contributed by atoms with Crippen LogP contribution in [0.1, 0.15) is 40.0 Å². The summed E-state index contributed by atoms with van der Waals surface area (Å²) in [7, 11) is -5.93. The maximum atomic E-state index is 13.7. The maximum Gasteiger partial charge on any atom is 0.427 e. The predicted octanol–water partition coefficient (Wildman–Crippen LogP) is 3.46. The first-order valence-corrected chi connectivity index (χ1v) is 7.78. The Morgan fingerprint density at radius 3 is 1.67 bits per heavy atom. The van der Waals surface area contributed by atoms with E-state index in [1.165, 1.54) is 13.8 Å². The third-order valence-corrected chi connectivity index (χ3v) is 5.81. The zero-order valence-corrected chi connectivity index (χ0v) is 12.5. The van der Waals surface area contributed by atoms with Crippen LogP contribution in [-0.2, 0) is 10.0 Å². The van der Waals surface area contributed by atoms with E-state index in [0.29, 0.717) is 6.42 Å². The van der Waals surface area contributed by atoms with Gasteiger partial charge in [-0.05, 0) is 26.7 Å². The molecule has 0 bridgehead atoms. The Labute approximate surface area is 119 Å². The predicted molar refractivity (Wildman–Crippen MR) is 64.0 cm³/mol. The molecule has 1 saturated heterocycles. The second kappa shape index (κ2) is 5.29. The number of alkyl halides is 6. The van der Waals surface area contributed by atoms with Crippen molar-refractivity contribution in [3.05, 3.63) is 0 Å². The molecule has 0 aromatic heterocycles. The number of hydrogen-bond acceptors (Lipinski definition) is 2. The number of rotatable bonds is 4. The van der Waals surface area contributed by atoms with Gasteiger partial charge in [-0.25, -0.2) is 8.42 Å². The molecule has 126 valence electrons. The lowest BCUT2D eigenvalue weighted by molar-refractivity contribution is -0.272. The number of nitrogens with zero attached hydrogens (tertiary/aromatic N) is 1. The van der Waals surface area contributed by atoms with Crippen molar-refractivity contribution in [1.82, 2.24) is 4.31 Å². The van der Waals surface area contributed by atoms with Gasteiger partial charge in [-0.15, -0.1) is 0 Å². The molecule has 1 rings (SSSR count). The van der Waals surface area contributed by atoms with Crippen LogP contribution in [0.3, 0.4) is 0 Å². The Balaban J connectivity index is 3.34. The maximum absolute atomic E-state index is 13.7. The molecule has 0 N–H and O–H groups in total. The Morgan fingerprint density at radius 1 is 0.952 bits per heavy atom. The van der Waals surface area contributed by atoms with Crippen molar-refractivity contribution in [3.63, 3.8) is 0 Å². The van der Waals surface area contributed by atoms with Gasteiger partial charge in [0.15, 0.2) is 0 Å². The van der Waals surface area contributed by atoms with E-state index in [-0.39, 0.29) is 17.1 Å². The van der Waals surface area contributed by atoms with Crippen LogP contribution in [-0.4, -0.2) is 41.9 Å². The summed E-state index contributed by atoms with van der Waals surface area (Å²) in [5, 5.41) is -5.89. The lowest BCUT2D eigenvalue weighted by Gasteiger charge is -2.41. The average molecular weight is 341 g/mol. The summed E-state index contributed by atoms with van der Waals surface area (Å²) in [6.07, 6.45) is 0.946. The zero-order chi connectivity index (χ0) is 16.9. The lowest BCUT2D eigenvalue weighted by atomic mass is 10.0. The molecule has 0 radical (unpaired) electrons. The molecule has 0 spiro atoms. The van der Waals surface area contributed by atoms with Gasteiger partial charge >= 0.3 is 17.1 Å². The van der Waals surface area contributed by atoms with E-state index < -0.39 is 46.1 Å². The van der Waals surface area contributed by atoms with Crippen LogP contribution in [0, 0.1) is 0 Å². The van der Waals surface area contributed by atoms with Gasteiger partial charge in [-0.3, -0.25) is 0 Å². The SMILES string of the molecule is CC1CCCC(C)N1S(=O)(=O)C(F)(F)C(F)(F)C(C)(F)F. The fraction of sp³-hybridized carbons (Fsp3) is 1.00. The first kappa shape index (κ1) is 18.5. The van der Waals surface area contributed by atoms with Crippen molar-refractivity contribution in [2.75, 3.05) is 0 Å². The van der Waals surface area contributed by atoms with Crippen LogP contribution < -0.4 is 0 Å². The van der Waals surface area contributed by atoms with Gasteiger partial charge < -0.3 is 0 Å². The minimum atomic E-state index is -6.00. The van der Waals surface area contributed by atoms with Gasteiger partial charge in [-0.2, -0.15) is 30.6 Å². The summed E-state index contributed by atoms with van der Waals surface area (Å²) in [6, 6.07) is -1.91. The van der Waals surface area contributed by atoms with Crippen LogP contribution in [0.25, 0.3) is 0 Å².